The maximum atomic E-state index is 13.5. The molecule has 210 valence electrons. The lowest BCUT2D eigenvalue weighted by molar-refractivity contribution is -0.143. The quantitative estimate of drug-likeness (QED) is 0.213. The van der Waals surface area contributed by atoms with Crippen molar-refractivity contribution in [2.45, 2.75) is 18.5 Å². The summed E-state index contributed by atoms with van der Waals surface area (Å²) < 4.78 is 4.97. The van der Waals surface area contributed by atoms with Crippen LogP contribution in [0.1, 0.15) is 16.1 Å². The summed E-state index contributed by atoms with van der Waals surface area (Å²) in [5.41, 5.74) is 1.13. The number of carbonyl (C=O) groups is 5. The fourth-order valence-corrected chi connectivity index (χ4v) is 4.90. The van der Waals surface area contributed by atoms with Crippen LogP contribution in [0.5, 0.6) is 0 Å². The molecule has 0 saturated carbocycles. The van der Waals surface area contributed by atoms with Gasteiger partial charge in [0.1, 0.15) is 24.4 Å². The number of aliphatic carboxylic acids is 1. The average molecular weight is 558 g/mol. The molecule has 12 nitrogen and oxygen atoms in total. The lowest BCUT2D eigenvalue weighted by Gasteiger charge is -2.21. The molecule has 41 heavy (non-hydrogen) atoms. The number of nitrogens with one attached hydrogen (secondary N) is 3. The molecule has 0 bridgehead atoms. The van der Waals surface area contributed by atoms with E-state index >= 15 is 0 Å². The van der Waals surface area contributed by atoms with Crippen LogP contribution in [0.25, 0.3) is 10.9 Å². The lowest BCUT2D eigenvalue weighted by Crippen LogP contribution is -2.53. The lowest BCUT2D eigenvalue weighted by atomic mass is 10.0. The zero-order valence-electron chi connectivity index (χ0n) is 21.8. The number of para-hydroxylation sites is 1. The largest absolute Gasteiger partial charge is 0.477 e. The Bertz CT molecular complexity index is 1550. The molecule has 2 atom stereocenters. The van der Waals surface area contributed by atoms with Crippen molar-refractivity contribution in [3.8, 4) is 0 Å². The Morgan fingerprint density at radius 1 is 1.12 bits per heavy atom. The summed E-state index contributed by atoms with van der Waals surface area (Å²) in [5.74, 6) is -4.19. The molecular weight excluding hydrogens is 530 g/mol. The monoisotopic (exact) mass is 557 g/mol. The number of fused-ring (bicyclic) bond motifs is 2. The number of H-pyrrole nitrogens is 1. The molecule has 1 aromatic heterocycles. The predicted molar refractivity (Wildman–Crippen MR) is 146 cm³/mol. The molecule has 2 aromatic carbocycles. The van der Waals surface area contributed by atoms with Crippen LogP contribution in [0.4, 0.5) is 0 Å². The molecule has 12 heteroatoms. The van der Waals surface area contributed by atoms with E-state index < -0.39 is 47.4 Å². The van der Waals surface area contributed by atoms with Crippen LogP contribution in [0.15, 0.2) is 84.6 Å². The molecule has 4 N–H and O–H groups in total. The number of rotatable bonds is 10. The molecule has 3 aromatic rings. The van der Waals surface area contributed by atoms with Gasteiger partial charge in [0.25, 0.3) is 11.8 Å². The van der Waals surface area contributed by atoms with Crippen LogP contribution in [0.2, 0.25) is 0 Å². The maximum absolute atomic E-state index is 13.5. The first-order valence-corrected chi connectivity index (χ1v) is 12.8. The zero-order valence-corrected chi connectivity index (χ0v) is 21.8. The number of amides is 3. The van der Waals surface area contributed by atoms with Crippen molar-refractivity contribution < 1.29 is 33.8 Å². The summed E-state index contributed by atoms with van der Waals surface area (Å²) in [6.45, 7) is 3.08. The van der Waals surface area contributed by atoms with Gasteiger partial charge in [-0.15, -0.1) is 0 Å². The van der Waals surface area contributed by atoms with E-state index in [4.69, 9.17) is 4.74 Å². The van der Waals surface area contributed by atoms with E-state index in [2.05, 4.69) is 22.2 Å². The van der Waals surface area contributed by atoms with Crippen molar-refractivity contribution in [2.75, 3.05) is 19.7 Å². The first-order valence-electron chi connectivity index (χ1n) is 12.8. The Hall–Kier alpha value is -5.23. The third kappa shape index (κ3) is 5.58. The maximum Gasteiger partial charge on any atom is 0.354 e. The van der Waals surface area contributed by atoms with Crippen molar-refractivity contribution in [1.82, 2.24) is 25.6 Å². The zero-order chi connectivity index (χ0) is 29.1. The number of aromatic amines is 1. The second kappa shape index (κ2) is 11.5. The summed E-state index contributed by atoms with van der Waals surface area (Å²) in [6.07, 6.45) is 1.49. The molecule has 5 rings (SSSR count). The van der Waals surface area contributed by atoms with E-state index in [0.717, 1.165) is 21.5 Å². The van der Waals surface area contributed by atoms with Crippen LogP contribution in [-0.2, 0) is 30.3 Å². The Morgan fingerprint density at radius 3 is 2.56 bits per heavy atom. The summed E-state index contributed by atoms with van der Waals surface area (Å²) in [7, 11) is 0. The van der Waals surface area contributed by atoms with E-state index in [9.17, 15) is 29.1 Å². The Kier molecular flexibility index (Phi) is 7.66. The highest BCUT2D eigenvalue weighted by molar-refractivity contribution is 6.05. The molecule has 1 fully saturated rings. The number of hydrogen-bond donors (Lipinski definition) is 4. The fraction of sp³-hybridized carbons (Fsp3) is 0.207. The van der Waals surface area contributed by atoms with Crippen LogP contribution in [0, 0.1) is 0 Å². The van der Waals surface area contributed by atoms with Gasteiger partial charge in [-0.05, 0) is 17.7 Å². The summed E-state index contributed by atoms with van der Waals surface area (Å²) >= 11 is 0. The van der Waals surface area contributed by atoms with Gasteiger partial charge >= 0.3 is 11.9 Å². The van der Waals surface area contributed by atoms with Crippen molar-refractivity contribution in [1.29, 1.82) is 0 Å². The SMILES string of the molecule is C=CCOC(=O)C1=C(C(=O)O)N2C(=O)[C@@H](NC(=O)[C@H](Cc3ccccc3)NC(=O)c3cc4ccccc4[nH]3)CN2C1. The molecular formula is C29H27N5O7. The number of carboxylic acids is 1. The van der Waals surface area contributed by atoms with Gasteiger partial charge in [-0.25, -0.2) is 19.6 Å². The third-order valence-corrected chi connectivity index (χ3v) is 6.80. The number of aromatic nitrogens is 1. The van der Waals surface area contributed by atoms with Gasteiger partial charge in [-0.3, -0.25) is 14.4 Å². The van der Waals surface area contributed by atoms with Gasteiger partial charge in [-0.2, -0.15) is 0 Å². The van der Waals surface area contributed by atoms with Gasteiger partial charge in [0, 0.05) is 23.9 Å². The minimum atomic E-state index is -1.48. The number of hydrazine groups is 1. The number of carboxylic acid groups (broad SMARTS) is 1. The number of nitrogens with zero attached hydrogens (tertiary/aromatic N) is 2. The van der Waals surface area contributed by atoms with Gasteiger partial charge in [0.2, 0.25) is 5.91 Å². The number of ether oxygens (including phenoxy) is 1. The van der Waals surface area contributed by atoms with Crippen molar-refractivity contribution in [2.24, 2.45) is 0 Å². The molecule has 3 amide bonds. The van der Waals surface area contributed by atoms with Crippen molar-refractivity contribution in [3.05, 3.63) is 95.8 Å². The third-order valence-electron chi connectivity index (χ3n) is 6.80. The second-order valence-electron chi connectivity index (χ2n) is 9.56. The predicted octanol–water partition coefficient (Wildman–Crippen LogP) is 1.13. The molecule has 2 aliphatic heterocycles. The van der Waals surface area contributed by atoms with E-state index in [1.165, 1.54) is 11.1 Å². The number of benzene rings is 2. The Labute approximate surface area is 234 Å². The molecule has 0 spiro atoms. The van der Waals surface area contributed by atoms with E-state index in [-0.39, 0.29) is 37.4 Å². The molecule has 2 aliphatic rings. The van der Waals surface area contributed by atoms with Crippen LogP contribution in [-0.4, -0.2) is 81.5 Å². The topological polar surface area (TPSA) is 161 Å². The number of hydrogen-bond acceptors (Lipinski definition) is 7. The summed E-state index contributed by atoms with van der Waals surface area (Å²) in [4.78, 5) is 67.3. The van der Waals surface area contributed by atoms with E-state index in [1.807, 2.05) is 54.6 Å². The highest BCUT2D eigenvalue weighted by Crippen LogP contribution is 2.30. The van der Waals surface area contributed by atoms with Gasteiger partial charge < -0.3 is 25.5 Å². The molecule has 0 unspecified atom stereocenters. The first-order chi connectivity index (χ1) is 19.8. The minimum absolute atomic E-state index is 0.0758. The van der Waals surface area contributed by atoms with E-state index in [1.54, 1.807) is 6.07 Å². The number of esters is 1. The van der Waals surface area contributed by atoms with E-state index in [0.29, 0.717) is 0 Å². The first kappa shape index (κ1) is 27.3. The standard InChI is InChI=1S/C29H27N5O7/c1-2-12-41-29(40)19-15-33-16-23(27(37)34(33)24(19)28(38)39)32-25(35)21(13-17-8-4-3-5-9-17)31-26(36)22-14-18-10-6-7-11-20(18)30-22/h2-11,14,21,23,30H,1,12-13,15-16H2,(H,31,36)(H,32,35)(H,38,39)/t21-,23-/m0/s1. The highest BCUT2D eigenvalue weighted by Gasteiger charge is 2.50. The smallest absolute Gasteiger partial charge is 0.354 e. The molecule has 0 radical (unpaired) electrons. The highest BCUT2D eigenvalue weighted by atomic mass is 16.5. The fourth-order valence-electron chi connectivity index (χ4n) is 4.90. The molecule has 0 aliphatic carbocycles. The van der Waals surface area contributed by atoms with Crippen LogP contribution < -0.4 is 10.6 Å². The normalized spacial score (nSPS) is 17.3. The Morgan fingerprint density at radius 2 is 1.85 bits per heavy atom. The van der Waals surface area contributed by atoms with Crippen LogP contribution >= 0.6 is 0 Å². The van der Waals surface area contributed by atoms with Gasteiger partial charge in [-0.1, -0.05) is 61.2 Å². The summed E-state index contributed by atoms with van der Waals surface area (Å²) in [6, 6.07) is 16.0. The van der Waals surface area contributed by atoms with Crippen molar-refractivity contribution in [3.63, 3.8) is 0 Å². The van der Waals surface area contributed by atoms with Crippen molar-refractivity contribution >= 4 is 40.6 Å². The Balaban J connectivity index is 1.33. The average Bonchev–Trinajstić information content (AvgIpc) is 3.65. The molecule has 1 saturated heterocycles. The number of carbonyl (C=O) groups excluding carboxylic acids is 4. The van der Waals surface area contributed by atoms with Gasteiger partial charge in [0.05, 0.1) is 12.1 Å². The van der Waals surface area contributed by atoms with Crippen LogP contribution in [0.3, 0.4) is 0 Å². The molecule has 3 heterocycles. The minimum Gasteiger partial charge on any atom is -0.477 e. The summed E-state index contributed by atoms with van der Waals surface area (Å²) in [5, 5.41) is 18.2. The second-order valence-corrected chi connectivity index (χ2v) is 9.56. The van der Waals surface area contributed by atoms with Gasteiger partial charge in [0.15, 0.2) is 5.70 Å².